The third kappa shape index (κ3) is 18.8. The van der Waals surface area contributed by atoms with E-state index in [1.807, 2.05) is 13.8 Å². The van der Waals surface area contributed by atoms with Crippen LogP contribution in [0.15, 0.2) is 24.3 Å². The van der Waals surface area contributed by atoms with E-state index >= 15 is 0 Å². The summed E-state index contributed by atoms with van der Waals surface area (Å²) in [4.78, 5) is 150. The molecule has 2 heterocycles. The van der Waals surface area contributed by atoms with E-state index in [0.29, 0.717) is 18.4 Å². The van der Waals surface area contributed by atoms with Crippen molar-refractivity contribution >= 4 is 86.6 Å². The Morgan fingerprint density at radius 3 is 1.94 bits per heavy atom. The predicted octanol–water partition coefficient (Wildman–Crippen LogP) is -2.58. The highest BCUT2D eigenvalue weighted by atomic mass is 33.1. The molecule has 0 spiro atoms. The molecule has 0 saturated carbocycles. The molecule has 11 amide bonds. The van der Waals surface area contributed by atoms with Crippen LogP contribution in [0.2, 0.25) is 0 Å². The molecule has 10 atom stereocenters. The van der Waals surface area contributed by atoms with Crippen LogP contribution >= 0.6 is 21.6 Å². The lowest BCUT2D eigenvalue weighted by Crippen LogP contribution is -2.61. The number of phenolic OH excluding ortho intramolecular Hbond substituents is 1. The zero-order valence-electron chi connectivity index (χ0n) is 41.5. The molecule has 26 heteroatoms. The molecular weight excluding hydrogens is 977 g/mol. The number of amides is 11. The van der Waals surface area contributed by atoms with Gasteiger partial charge in [0.25, 0.3) is 0 Å². The Morgan fingerprint density at radius 2 is 1.36 bits per heavy atom. The number of hydrogen-bond donors (Lipinski definition) is 12. The summed E-state index contributed by atoms with van der Waals surface area (Å²) in [5.74, 6) is -10.7. The number of hydrogen-bond acceptors (Lipinski definition) is 15. The van der Waals surface area contributed by atoms with E-state index in [4.69, 9.17) is 22.9 Å². The van der Waals surface area contributed by atoms with Gasteiger partial charge in [-0.3, -0.25) is 52.7 Å². The summed E-state index contributed by atoms with van der Waals surface area (Å²) in [6, 6.07) is -6.13. The maximum absolute atomic E-state index is 14.6. The lowest BCUT2D eigenvalue weighted by atomic mass is 9.96. The lowest BCUT2D eigenvalue weighted by molar-refractivity contribution is -0.142. The van der Waals surface area contributed by atoms with Gasteiger partial charge in [-0.1, -0.05) is 81.7 Å². The topological polar surface area (TPSA) is 400 Å². The van der Waals surface area contributed by atoms with Crippen molar-refractivity contribution in [2.45, 2.75) is 147 Å². The number of carbonyl (C=O) groups is 11. The van der Waals surface area contributed by atoms with Crippen molar-refractivity contribution in [3.63, 3.8) is 0 Å². The van der Waals surface area contributed by atoms with E-state index in [2.05, 4.69) is 37.2 Å². The standard InChI is InChI=1S/C46H72N12O12S2/c1-7-24(6)37-45(69)51-28(14-15-34(48)60)40(64)53-31(19-35(49)61)41(65)55-32(21-72-71-20-27(47)39(63)52-30(43(67)57-37)18-25-10-12-26(59)13-11-25)46(70)58-16-8-9-33(58)44(68)54-29(17-22(2)3)42(66)56-36(23(4)5)38(50)62/h10-13,22-24,27-33,36-37,59H,7-9,14-21,47H2,1-6H3,(H2,48,60)(H2,49,61)(H2,50,62)(H,51,69)(H,52,63)(H,53,64)(H,54,68)(H,55,65)(H,56,66)(H,57,67)/t24-,27-,28-,29-,30-,31-,32-,33-,36-,37-/m0/s1. The quantitative estimate of drug-likeness (QED) is 0.0672. The Balaban J connectivity index is 2.06. The number of nitrogens with zero attached hydrogens (tertiary/aromatic N) is 1. The molecule has 2 aliphatic heterocycles. The Labute approximate surface area is 426 Å². The summed E-state index contributed by atoms with van der Waals surface area (Å²) >= 11 is 0. The second kappa shape index (κ2) is 28.8. The Morgan fingerprint density at radius 1 is 0.764 bits per heavy atom. The molecule has 72 heavy (non-hydrogen) atoms. The van der Waals surface area contributed by atoms with Gasteiger partial charge in [0.15, 0.2) is 0 Å². The molecule has 1 aromatic rings. The third-order valence-corrected chi connectivity index (χ3v) is 14.6. The smallest absolute Gasteiger partial charge is 0.246 e. The van der Waals surface area contributed by atoms with Crippen molar-refractivity contribution < 1.29 is 57.8 Å². The van der Waals surface area contributed by atoms with Crippen LogP contribution in [0.25, 0.3) is 0 Å². The van der Waals surface area contributed by atoms with Crippen LogP contribution in [-0.4, -0.2) is 147 Å². The number of likely N-dealkylation sites (tertiary alicyclic amines) is 1. The van der Waals surface area contributed by atoms with E-state index in [0.717, 1.165) is 21.6 Å². The van der Waals surface area contributed by atoms with Gasteiger partial charge in [0.1, 0.15) is 54.1 Å². The molecule has 16 N–H and O–H groups in total. The zero-order valence-corrected chi connectivity index (χ0v) is 43.2. The minimum atomic E-state index is -1.76. The van der Waals surface area contributed by atoms with E-state index in [1.165, 1.54) is 29.2 Å². The van der Waals surface area contributed by atoms with Gasteiger partial charge in [0, 0.05) is 30.9 Å². The molecule has 400 valence electrons. The van der Waals surface area contributed by atoms with Gasteiger partial charge in [0.2, 0.25) is 65.0 Å². The maximum atomic E-state index is 14.6. The summed E-state index contributed by atoms with van der Waals surface area (Å²) in [5.41, 5.74) is 23.3. The van der Waals surface area contributed by atoms with Crippen molar-refractivity contribution in [2.24, 2.45) is 40.7 Å². The molecular formula is C46H72N12O12S2. The average Bonchev–Trinajstić information content (AvgIpc) is 3.81. The number of benzene rings is 1. The van der Waals surface area contributed by atoms with Crippen LogP contribution in [0.1, 0.15) is 92.1 Å². The maximum Gasteiger partial charge on any atom is 0.246 e. The van der Waals surface area contributed by atoms with Crippen molar-refractivity contribution in [1.82, 2.24) is 42.1 Å². The van der Waals surface area contributed by atoms with Crippen LogP contribution in [0.3, 0.4) is 0 Å². The molecule has 0 bridgehead atoms. The van der Waals surface area contributed by atoms with E-state index in [-0.39, 0.29) is 54.9 Å². The first-order chi connectivity index (χ1) is 33.8. The number of primary amides is 3. The first kappa shape index (κ1) is 60.2. The van der Waals surface area contributed by atoms with Crippen LogP contribution in [-0.2, 0) is 59.2 Å². The van der Waals surface area contributed by atoms with Crippen LogP contribution < -0.4 is 60.2 Å². The molecule has 0 radical (unpaired) electrons. The minimum Gasteiger partial charge on any atom is -0.508 e. The highest BCUT2D eigenvalue weighted by molar-refractivity contribution is 8.76. The molecule has 0 aliphatic carbocycles. The Hall–Kier alpha value is -6.15. The summed E-state index contributed by atoms with van der Waals surface area (Å²) in [6.07, 6.45) is -0.721. The van der Waals surface area contributed by atoms with E-state index in [9.17, 15) is 57.8 Å². The van der Waals surface area contributed by atoms with E-state index < -0.39 is 145 Å². The number of nitrogens with two attached hydrogens (primary N) is 4. The lowest BCUT2D eigenvalue weighted by Gasteiger charge is -2.31. The number of rotatable bonds is 18. The zero-order chi connectivity index (χ0) is 54.0. The molecule has 24 nitrogen and oxygen atoms in total. The molecule has 2 saturated heterocycles. The summed E-state index contributed by atoms with van der Waals surface area (Å²) in [7, 11) is 2.05. The molecule has 0 aromatic heterocycles. The largest absolute Gasteiger partial charge is 0.508 e. The molecule has 0 unspecified atom stereocenters. The normalized spacial score (nSPS) is 24.3. The van der Waals surface area contributed by atoms with Gasteiger partial charge in [-0.05, 0) is 61.1 Å². The van der Waals surface area contributed by atoms with E-state index in [1.54, 1.807) is 27.7 Å². The molecule has 1 aromatic carbocycles. The fraction of sp³-hybridized carbons (Fsp3) is 0.630. The third-order valence-electron chi connectivity index (χ3n) is 12.1. The molecule has 2 aliphatic rings. The summed E-state index contributed by atoms with van der Waals surface area (Å²) in [6.45, 7) is 10.5. The number of aromatic hydroxyl groups is 1. The van der Waals surface area contributed by atoms with Crippen LogP contribution in [0.4, 0.5) is 0 Å². The van der Waals surface area contributed by atoms with Crippen molar-refractivity contribution in [2.75, 3.05) is 18.1 Å². The summed E-state index contributed by atoms with van der Waals surface area (Å²) < 4.78 is 0. The highest BCUT2D eigenvalue weighted by Gasteiger charge is 2.41. The van der Waals surface area contributed by atoms with Gasteiger partial charge in [-0.15, -0.1) is 0 Å². The average molecular weight is 1050 g/mol. The second-order valence-corrected chi connectivity index (χ2v) is 21.4. The first-order valence-electron chi connectivity index (χ1n) is 23.9. The fourth-order valence-electron chi connectivity index (χ4n) is 7.87. The number of carbonyl (C=O) groups excluding carboxylic acids is 11. The number of phenols is 1. The first-order valence-corrected chi connectivity index (χ1v) is 26.4. The van der Waals surface area contributed by atoms with Crippen molar-refractivity contribution in [1.29, 1.82) is 0 Å². The van der Waals surface area contributed by atoms with Gasteiger partial charge < -0.3 is 70.2 Å². The monoisotopic (exact) mass is 1050 g/mol. The summed E-state index contributed by atoms with van der Waals surface area (Å²) in [5, 5.41) is 28.1. The Bertz CT molecular complexity index is 2130. The van der Waals surface area contributed by atoms with Gasteiger partial charge in [-0.25, -0.2) is 0 Å². The van der Waals surface area contributed by atoms with Gasteiger partial charge >= 0.3 is 0 Å². The Kier molecular flexibility index (Phi) is 24.0. The van der Waals surface area contributed by atoms with Gasteiger partial charge in [-0.2, -0.15) is 0 Å². The fourth-order valence-corrected chi connectivity index (χ4v) is 10.1. The SMILES string of the molecule is CC[C@H](C)[C@@H]1NC(=O)[C@H](Cc2ccc(O)cc2)NC(=O)[C@@H](N)CSSC[C@@H](C(=O)N2CCC[C@H]2C(=O)N[C@@H](CC(C)C)C(=O)N[C@H](C(N)=O)C(C)C)NC(=O)[C@H](CC(N)=O)NC(=O)[C@H](CCC(N)=O)NC1=O. The van der Waals surface area contributed by atoms with Gasteiger partial charge in [0.05, 0.1) is 12.5 Å². The van der Waals surface area contributed by atoms with Crippen molar-refractivity contribution in [3.8, 4) is 5.75 Å². The predicted molar refractivity (Wildman–Crippen MR) is 268 cm³/mol. The van der Waals surface area contributed by atoms with Crippen LogP contribution in [0.5, 0.6) is 5.75 Å². The second-order valence-electron chi connectivity index (χ2n) is 18.9. The molecule has 2 fully saturated rings. The number of nitrogens with one attached hydrogen (secondary N) is 7. The van der Waals surface area contributed by atoms with Crippen LogP contribution in [0, 0.1) is 17.8 Å². The van der Waals surface area contributed by atoms with Crippen molar-refractivity contribution in [3.05, 3.63) is 29.8 Å². The minimum absolute atomic E-state index is 0.0451. The highest BCUT2D eigenvalue weighted by Crippen LogP contribution is 2.26. The molecule has 3 rings (SSSR count).